The molecule has 3 nitrogen and oxygen atoms in total. The third-order valence-electron chi connectivity index (χ3n) is 2.39. The number of methoxy groups -OCH3 is 1. The Balaban J connectivity index is 3.51. The van der Waals surface area contributed by atoms with Gasteiger partial charge in [-0.3, -0.25) is 4.79 Å². The topological polar surface area (TPSA) is 38.3 Å². The number of aldehydes is 1. The molecule has 0 amide bonds. The van der Waals surface area contributed by atoms with E-state index in [2.05, 4.69) is 21.2 Å². The van der Waals surface area contributed by atoms with E-state index < -0.39 is 11.7 Å². The first-order chi connectivity index (χ1) is 8.85. The van der Waals surface area contributed by atoms with Gasteiger partial charge in [0.25, 0.3) is 0 Å². The molecule has 1 rings (SSSR count). The zero-order chi connectivity index (χ0) is 14.6. The zero-order valence-electron chi connectivity index (χ0n) is 10.1. The number of hydrogen-bond acceptors (Lipinski definition) is 3. The van der Waals surface area contributed by atoms with Gasteiger partial charge in [-0.2, -0.15) is 13.2 Å². The van der Waals surface area contributed by atoms with Crippen LogP contribution in [0.5, 0.6) is 5.75 Å². The molecule has 1 aromatic carbocycles. The highest BCUT2D eigenvalue weighted by molar-refractivity contribution is 9.10. The maximum Gasteiger partial charge on any atom is 0.417 e. The summed E-state index contributed by atoms with van der Waals surface area (Å²) in [5, 5.41) is 2.65. The molecule has 19 heavy (non-hydrogen) atoms. The summed E-state index contributed by atoms with van der Waals surface area (Å²) in [6.07, 6.45) is -4.02. The molecule has 1 aromatic rings. The van der Waals surface area contributed by atoms with Gasteiger partial charge in [-0.15, -0.1) is 0 Å². The number of carbonyl (C=O) groups is 1. The monoisotopic (exact) mass is 337 g/mol. The Morgan fingerprint density at radius 2 is 2.05 bits per heavy atom. The van der Waals surface area contributed by atoms with Crippen molar-refractivity contribution in [1.29, 1.82) is 0 Å². The predicted molar refractivity (Wildman–Crippen MR) is 70.3 cm³/mol. The average Bonchev–Trinajstić information content (AvgIpc) is 2.34. The predicted octanol–water partition coefficient (Wildman–Crippen LogP) is 3.64. The maximum absolute atomic E-state index is 12.9. The molecular formula is C12H11BrF3NO2. The summed E-state index contributed by atoms with van der Waals surface area (Å²) < 4.78 is 44.1. The Morgan fingerprint density at radius 3 is 2.47 bits per heavy atom. The standard InChI is InChI=1S/C12H11BrF3NO2/c1-17-10-6-11(19-2)9(13)5-7(10)8(3-4-18)12(14,15)16/h3-6,17H,1-2H3/b8-3+. The van der Waals surface area contributed by atoms with E-state index in [1.807, 2.05) is 0 Å². The van der Waals surface area contributed by atoms with Gasteiger partial charge in [0, 0.05) is 24.4 Å². The molecule has 0 atom stereocenters. The summed E-state index contributed by atoms with van der Waals surface area (Å²) in [5.74, 6) is 0.390. The van der Waals surface area contributed by atoms with Crippen molar-refractivity contribution >= 4 is 33.5 Å². The SMILES string of the molecule is CNc1cc(OC)c(Br)cc1/C(=C\C=O)C(F)(F)F. The second-order valence-electron chi connectivity index (χ2n) is 3.50. The number of hydrogen-bond donors (Lipinski definition) is 1. The van der Waals surface area contributed by atoms with Crippen molar-refractivity contribution in [2.45, 2.75) is 6.18 Å². The van der Waals surface area contributed by atoms with E-state index in [-0.39, 0.29) is 17.5 Å². The van der Waals surface area contributed by atoms with Crippen LogP contribution in [0.4, 0.5) is 18.9 Å². The van der Waals surface area contributed by atoms with E-state index in [4.69, 9.17) is 4.74 Å². The number of alkyl halides is 3. The molecule has 0 bridgehead atoms. The van der Waals surface area contributed by atoms with Gasteiger partial charge in [0.15, 0.2) is 0 Å². The van der Waals surface area contributed by atoms with E-state index in [1.165, 1.54) is 26.3 Å². The van der Waals surface area contributed by atoms with Crippen molar-refractivity contribution in [3.63, 3.8) is 0 Å². The van der Waals surface area contributed by atoms with Gasteiger partial charge < -0.3 is 10.1 Å². The highest BCUT2D eigenvalue weighted by Gasteiger charge is 2.36. The van der Waals surface area contributed by atoms with Crippen molar-refractivity contribution in [3.8, 4) is 5.75 Å². The highest BCUT2D eigenvalue weighted by atomic mass is 79.9. The van der Waals surface area contributed by atoms with Gasteiger partial charge in [0.05, 0.1) is 17.2 Å². The van der Waals surface area contributed by atoms with Crippen molar-refractivity contribution in [1.82, 2.24) is 0 Å². The fourth-order valence-corrected chi connectivity index (χ4v) is 2.05. The Labute approximate surface area is 116 Å². The van der Waals surface area contributed by atoms with Crippen LogP contribution >= 0.6 is 15.9 Å². The molecule has 0 fully saturated rings. The number of rotatable bonds is 4. The molecule has 0 spiro atoms. The quantitative estimate of drug-likeness (QED) is 0.673. The molecule has 0 aliphatic heterocycles. The minimum atomic E-state index is -4.62. The smallest absolute Gasteiger partial charge is 0.417 e. The van der Waals surface area contributed by atoms with Crippen LogP contribution in [0.3, 0.4) is 0 Å². The van der Waals surface area contributed by atoms with Gasteiger partial charge in [0.1, 0.15) is 12.0 Å². The van der Waals surface area contributed by atoms with Crippen molar-refractivity contribution in [2.24, 2.45) is 0 Å². The molecular weight excluding hydrogens is 327 g/mol. The maximum atomic E-state index is 12.9. The van der Waals surface area contributed by atoms with Gasteiger partial charge >= 0.3 is 6.18 Å². The lowest BCUT2D eigenvalue weighted by Crippen LogP contribution is -2.13. The van der Waals surface area contributed by atoms with E-state index >= 15 is 0 Å². The number of halogens is 4. The number of carbonyl (C=O) groups excluding carboxylic acids is 1. The van der Waals surface area contributed by atoms with Crippen molar-refractivity contribution in [3.05, 3.63) is 28.2 Å². The molecule has 0 heterocycles. The van der Waals surface area contributed by atoms with Crippen LogP contribution in [0.2, 0.25) is 0 Å². The summed E-state index contributed by atoms with van der Waals surface area (Å²) in [7, 11) is 2.90. The second kappa shape index (κ2) is 6.10. The van der Waals surface area contributed by atoms with Crippen molar-refractivity contribution < 1.29 is 22.7 Å². The van der Waals surface area contributed by atoms with E-state index in [0.29, 0.717) is 16.3 Å². The largest absolute Gasteiger partial charge is 0.495 e. The van der Waals surface area contributed by atoms with Crippen molar-refractivity contribution in [2.75, 3.05) is 19.5 Å². The third kappa shape index (κ3) is 3.50. The lowest BCUT2D eigenvalue weighted by atomic mass is 10.0. The molecule has 7 heteroatoms. The Kier molecular flexibility index (Phi) is 4.99. The molecule has 0 aromatic heterocycles. The van der Waals surface area contributed by atoms with Crippen LogP contribution in [0.25, 0.3) is 5.57 Å². The summed E-state index contributed by atoms with van der Waals surface area (Å²) in [6, 6.07) is 2.68. The Hall–Kier alpha value is -1.50. The fraction of sp³-hybridized carbons (Fsp3) is 0.250. The molecule has 104 valence electrons. The van der Waals surface area contributed by atoms with Crippen LogP contribution < -0.4 is 10.1 Å². The summed E-state index contributed by atoms with van der Waals surface area (Å²) >= 11 is 3.12. The number of benzene rings is 1. The second-order valence-corrected chi connectivity index (χ2v) is 4.35. The number of ether oxygens (including phenoxy) is 1. The number of allylic oxidation sites excluding steroid dienone is 2. The average molecular weight is 338 g/mol. The van der Waals surface area contributed by atoms with E-state index in [9.17, 15) is 18.0 Å². The normalized spacial score (nSPS) is 12.2. The molecule has 0 aliphatic carbocycles. The number of nitrogens with one attached hydrogen (secondary N) is 1. The van der Waals surface area contributed by atoms with Gasteiger partial charge in [-0.25, -0.2) is 0 Å². The first-order valence-corrected chi connectivity index (χ1v) is 5.92. The van der Waals surface area contributed by atoms with Gasteiger partial charge in [-0.05, 0) is 28.1 Å². The molecule has 0 radical (unpaired) electrons. The molecule has 1 N–H and O–H groups in total. The first-order valence-electron chi connectivity index (χ1n) is 5.13. The fourth-order valence-electron chi connectivity index (χ4n) is 1.54. The lowest BCUT2D eigenvalue weighted by molar-refractivity contribution is -0.104. The van der Waals surface area contributed by atoms with Gasteiger partial charge in [0.2, 0.25) is 0 Å². The Bertz CT molecular complexity index is 512. The van der Waals surface area contributed by atoms with Crippen LogP contribution in [0, 0.1) is 0 Å². The first kappa shape index (κ1) is 15.6. The van der Waals surface area contributed by atoms with Crippen LogP contribution in [-0.2, 0) is 4.79 Å². The third-order valence-corrected chi connectivity index (χ3v) is 3.01. The van der Waals surface area contributed by atoms with Crippen LogP contribution in [0.1, 0.15) is 5.56 Å². The van der Waals surface area contributed by atoms with Crippen LogP contribution in [0.15, 0.2) is 22.7 Å². The minimum Gasteiger partial charge on any atom is -0.495 e. The summed E-state index contributed by atoms with van der Waals surface area (Å²) in [4.78, 5) is 10.4. The molecule has 0 saturated carbocycles. The minimum absolute atomic E-state index is 0.112. The highest BCUT2D eigenvalue weighted by Crippen LogP contribution is 2.41. The molecule has 0 saturated heterocycles. The van der Waals surface area contributed by atoms with Crippen LogP contribution in [-0.4, -0.2) is 26.6 Å². The lowest BCUT2D eigenvalue weighted by Gasteiger charge is -2.17. The zero-order valence-corrected chi connectivity index (χ0v) is 11.7. The number of anilines is 1. The summed E-state index contributed by atoms with van der Waals surface area (Å²) in [6.45, 7) is 0. The molecule has 0 aliphatic rings. The Morgan fingerprint density at radius 1 is 1.42 bits per heavy atom. The van der Waals surface area contributed by atoms with E-state index in [1.54, 1.807) is 0 Å². The van der Waals surface area contributed by atoms with Gasteiger partial charge in [-0.1, -0.05) is 0 Å². The molecule has 0 unspecified atom stereocenters. The summed E-state index contributed by atoms with van der Waals surface area (Å²) in [5.41, 5.74) is -0.935. The van der Waals surface area contributed by atoms with E-state index in [0.717, 1.165) is 0 Å².